The first kappa shape index (κ1) is 17.7. The second kappa shape index (κ2) is 7.14. The van der Waals surface area contributed by atoms with Gasteiger partial charge in [-0.25, -0.2) is 4.98 Å². The average molecular weight is 385 g/mol. The summed E-state index contributed by atoms with van der Waals surface area (Å²) in [6.45, 7) is 0.154. The number of rotatable bonds is 5. The van der Waals surface area contributed by atoms with E-state index in [1.807, 2.05) is 0 Å². The number of aromatic nitrogens is 5. The number of nitrogens with zero attached hydrogens (tertiary/aromatic N) is 4. The molecule has 0 amide bonds. The molecular weight excluding hydrogens is 371 g/mol. The number of alkyl halides is 3. The lowest BCUT2D eigenvalue weighted by atomic mass is 10.1. The molecule has 28 heavy (non-hydrogen) atoms. The smallest absolute Gasteiger partial charge is 0.364 e. The van der Waals surface area contributed by atoms with Crippen molar-refractivity contribution in [2.45, 2.75) is 12.7 Å². The third-order valence-corrected chi connectivity index (χ3v) is 3.92. The number of fused-ring (bicyclic) bond motifs is 1. The molecule has 0 bridgehead atoms. The number of benzene rings is 1. The molecule has 3 N–H and O–H groups in total. The minimum atomic E-state index is -4.39. The van der Waals surface area contributed by atoms with Crippen LogP contribution >= 0.6 is 0 Å². The molecule has 0 saturated heterocycles. The molecule has 1 aromatic carbocycles. The molecule has 0 fully saturated rings. The molecule has 4 aromatic rings. The molecule has 0 spiro atoms. The summed E-state index contributed by atoms with van der Waals surface area (Å²) in [6, 6.07) is 8.71. The van der Waals surface area contributed by atoms with Gasteiger partial charge in [0.05, 0.1) is 23.8 Å². The predicted octanol–water partition coefficient (Wildman–Crippen LogP) is 4.12. The van der Waals surface area contributed by atoms with Gasteiger partial charge < -0.3 is 15.6 Å². The van der Waals surface area contributed by atoms with Crippen LogP contribution in [0.3, 0.4) is 0 Å². The van der Waals surface area contributed by atoms with E-state index in [1.54, 1.807) is 30.6 Å². The number of H-pyrrole nitrogens is 1. The van der Waals surface area contributed by atoms with Crippen LogP contribution in [0.2, 0.25) is 0 Å². The van der Waals surface area contributed by atoms with Gasteiger partial charge in [0.15, 0.2) is 11.5 Å². The number of aromatic amines is 1. The molecule has 142 valence electrons. The van der Waals surface area contributed by atoms with E-state index in [2.05, 4.69) is 35.6 Å². The van der Waals surface area contributed by atoms with Crippen LogP contribution in [-0.2, 0) is 12.7 Å². The van der Waals surface area contributed by atoms with Gasteiger partial charge >= 0.3 is 6.18 Å². The Morgan fingerprint density at radius 2 is 1.96 bits per heavy atom. The third-order valence-electron chi connectivity index (χ3n) is 3.92. The number of hydrogen-bond donors (Lipinski definition) is 3. The summed E-state index contributed by atoms with van der Waals surface area (Å²) in [4.78, 5) is 19.8. The van der Waals surface area contributed by atoms with Crippen molar-refractivity contribution in [3.8, 4) is 0 Å². The molecule has 0 saturated carbocycles. The number of halogens is 3. The lowest BCUT2D eigenvalue weighted by Crippen LogP contribution is -2.08. The summed E-state index contributed by atoms with van der Waals surface area (Å²) in [5.74, 6) is 0.713. The standard InChI is InChI=1S/C18H14F3N7/c19-18(20,21)12-4-1-3-11(7-12)8-23-15-14-16(25-10-24-14)28-17(27-15)26-13-5-2-6-22-9-13/h1-7,9-10H,8H2,(H3,23,24,25,26,27,28). The Balaban J connectivity index is 1.59. The highest BCUT2D eigenvalue weighted by Gasteiger charge is 2.30. The van der Waals surface area contributed by atoms with E-state index in [0.29, 0.717) is 34.2 Å². The van der Waals surface area contributed by atoms with Gasteiger partial charge in [-0.15, -0.1) is 0 Å². The van der Waals surface area contributed by atoms with Crippen LogP contribution in [0.5, 0.6) is 0 Å². The average Bonchev–Trinajstić information content (AvgIpc) is 3.15. The Morgan fingerprint density at radius 1 is 1.07 bits per heavy atom. The van der Waals surface area contributed by atoms with Crippen molar-refractivity contribution in [3.05, 3.63) is 66.2 Å². The van der Waals surface area contributed by atoms with Crippen LogP contribution in [0.4, 0.5) is 30.6 Å². The number of hydrogen-bond acceptors (Lipinski definition) is 6. The van der Waals surface area contributed by atoms with Crippen molar-refractivity contribution in [3.63, 3.8) is 0 Å². The lowest BCUT2D eigenvalue weighted by molar-refractivity contribution is -0.137. The highest BCUT2D eigenvalue weighted by molar-refractivity contribution is 5.84. The van der Waals surface area contributed by atoms with Gasteiger partial charge in [-0.05, 0) is 29.8 Å². The third kappa shape index (κ3) is 3.85. The normalized spacial score (nSPS) is 11.5. The highest BCUT2D eigenvalue weighted by atomic mass is 19.4. The molecular formula is C18H14F3N7. The quantitative estimate of drug-likeness (QED) is 0.479. The maximum atomic E-state index is 12.9. The van der Waals surface area contributed by atoms with Gasteiger partial charge in [0.2, 0.25) is 5.95 Å². The minimum absolute atomic E-state index is 0.154. The van der Waals surface area contributed by atoms with E-state index in [4.69, 9.17) is 0 Å². The van der Waals surface area contributed by atoms with Gasteiger partial charge in [0.25, 0.3) is 0 Å². The predicted molar refractivity (Wildman–Crippen MR) is 98.0 cm³/mol. The minimum Gasteiger partial charge on any atom is -0.364 e. The molecule has 0 aliphatic rings. The molecule has 0 aliphatic heterocycles. The summed E-state index contributed by atoms with van der Waals surface area (Å²) < 4.78 is 38.7. The molecule has 3 heterocycles. The summed E-state index contributed by atoms with van der Waals surface area (Å²) in [6.07, 6.45) is 0.351. The lowest BCUT2D eigenvalue weighted by Gasteiger charge is -2.11. The maximum Gasteiger partial charge on any atom is 0.416 e. The van der Waals surface area contributed by atoms with Crippen molar-refractivity contribution < 1.29 is 13.2 Å². The summed E-state index contributed by atoms with van der Waals surface area (Å²) in [7, 11) is 0. The number of imidazole rings is 1. The fourth-order valence-corrected chi connectivity index (χ4v) is 2.63. The largest absolute Gasteiger partial charge is 0.416 e. The summed E-state index contributed by atoms with van der Waals surface area (Å²) in [5, 5.41) is 6.08. The van der Waals surface area contributed by atoms with Crippen molar-refractivity contribution in [2.24, 2.45) is 0 Å². The van der Waals surface area contributed by atoms with E-state index < -0.39 is 11.7 Å². The Kier molecular flexibility index (Phi) is 4.52. The zero-order valence-corrected chi connectivity index (χ0v) is 14.3. The topological polar surface area (TPSA) is 91.4 Å². The molecule has 10 heteroatoms. The van der Waals surface area contributed by atoms with Gasteiger partial charge in [0.1, 0.15) is 5.52 Å². The first-order valence-electron chi connectivity index (χ1n) is 8.27. The van der Waals surface area contributed by atoms with Crippen LogP contribution in [-0.4, -0.2) is 24.9 Å². The summed E-state index contributed by atoms with van der Waals surface area (Å²) >= 11 is 0. The molecule has 0 radical (unpaired) electrons. The second-order valence-electron chi connectivity index (χ2n) is 5.92. The van der Waals surface area contributed by atoms with E-state index >= 15 is 0 Å². The van der Waals surface area contributed by atoms with Crippen molar-refractivity contribution in [2.75, 3.05) is 10.6 Å². The Morgan fingerprint density at radius 3 is 2.75 bits per heavy atom. The molecule has 7 nitrogen and oxygen atoms in total. The highest BCUT2D eigenvalue weighted by Crippen LogP contribution is 2.30. The molecule has 3 aromatic heterocycles. The first-order valence-corrected chi connectivity index (χ1v) is 8.27. The Labute approximate surface area is 157 Å². The Hall–Kier alpha value is -3.69. The van der Waals surface area contributed by atoms with Crippen molar-refractivity contribution in [1.82, 2.24) is 24.9 Å². The molecule has 0 unspecified atom stereocenters. The fraction of sp³-hybridized carbons (Fsp3) is 0.111. The zero-order valence-electron chi connectivity index (χ0n) is 14.3. The van der Waals surface area contributed by atoms with Crippen LogP contribution in [0.15, 0.2) is 55.1 Å². The van der Waals surface area contributed by atoms with Crippen LogP contribution in [0, 0.1) is 0 Å². The van der Waals surface area contributed by atoms with Crippen LogP contribution in [0.25, 0.3) is 11.2 Å². The molecule has 0 aliphatic carbocycles. The van der Waals surface area contributed by atoms with Crippen LogP contribution < -0.4 is 10.6 Å². The van der Waals surface area contributed by atoms with Crippen LogP contribution in [0.1, 0.15) is 11.1 Å². The van der Waals surface area contributed by atoms with E-state index in [-0.39, 0.29) is 6.54 Å². The summed E-state index contributed by atoms with van der Waals surface area (Å²) in [5.41, 5.74) is 1.46. The van der Waals surface area contributed by atoms with Crippen molar-refractivity contribution >= 4 is 28.6 Å². The Bertz CT molecular complexity index is 1090. The molecule has 0 atom stereocenters. The number of anilines is 3. The monoisotopic (exact) mass is 385 g/mol. The fourth-order valence-electron chi connectivity index (χ4n) is 2.63. The van der Waals surface area contributed by atoms with Gasteiger partial charge in [-0.2, -0.15) is 23.1 Å². The van der Waals surface area contributed by atoms with Gasteiger partial charge in [-0.3, -0.25) is 4.98 Å². The van der Waals surface area contributed by atoms with Crippen molar-refractivity contribution in [1.29, 1.82) is 0 Å². The van der Waals surface area contributed by atoms with Gasteiger partial charge in [-0.1, -0.05) is 12.1 Å². The SMILES string of the molecule is FC(F)(F)c1cccc(CNc2nc(Nc3cccnc3)nc3nc[nH]c23)c1. The molecule has 4 rings (SSSR count). The zero-order chi connectivity index (χ0) is 19.6. The van der Waals surface area contributed by atoms with E-state index in [9.17, 15) is 13.2 Å². The first-order chi connectivity index (χ1) is 13.5. The van der Waals surface area contributed by atoms with Gasteiger partial charge in [0, 0.05) is 12.7 Å². The van der Waals surface area contributed by atoms with E-state index in [0.717, 1.165) is 12.1 Å². The number of nitrogens with one attached hydrogen (secondary N) is 3. The maximum absolute atomic E-state index is 12.9. The second-order valence-corrected chi connectivity index (χ2v) is 5.92. The number of pyridine rings is 1. The van der Waals surface area contributed by atoms with E-state index in [1.165, 1.54) is 12.4 Å².